The average Bonchev–Trinajstić information content (AvgIpc) is 3.38. The first kappa shape index (κ1) is 27.7. The number of likely N-dealkylation sites (N-methyl/N-ethyl adjacent to an activating group) is 1. The highest BCUT2D eigenvalue weighted by Gasteiger charge is 2.20. The zero-order valence-corrected chi connectivity index (χ0v) is 23.1. The van der Waals surface area contributed by atoms with Crippen LogP contribution in [0.5, 0.6) is 0 Å². The number of nitrogens with zero attached hydrogens (tertiary/aromatic N) is 5. The molecule has 3 heterocycles. The van der Waals surface area contributed by atoms with Crippen LogP contribution in [-0.2, 0) is 0 Å². The summed E-state index contributed by atoms with van der Waals surface area (Å²) in [6.07, 6.45) is 5.11. The van der Waals surface area contributed by atoms with E-state index < -0.39 is 5.91 Å². The number of carbonyl (C=O) groups is 1. The summed E-state index contributed by atoms with van der Waals surface area (Å²) >= 11 is 0. The number of aromatic nitrogens is 4. The van der Waals surface area contributed by atoms with Crippen LogP contribution in [0.4, 0.5) is 23.3 Å². The molecule has 1 aliphatic heterocycles. The Morgan fingerprint density at radius 2 is 2.03 bits per heavy atom. The first-order valence-corrected chi connectivity index (χ1v) is 12.9. The number of nitrogens with one attached hydrogen (secondary N) is 4. The van der Waals surface area contributed by atoms with Crippen LogP contribution in [0.25, 0.3) is 11.0 Å². The number of carbonyl (C=O) groups excluding carboxylic acids is 1. The lowest BCUT2D eigenvalue weighted by Crippen LogP contribution is -2.36. The summed E-state index contributed by atoms with van der Waals surface area (Å²) < 4.78 is 0. The van der Waals surface area contributed by atoms with Crippen LogP contribution in [0, 0.1) is 17.7 Å². The van der Waals surface area contributed by atoms with Gasteiger partial charge in [0.05, 0.1) is 0 Å². The van der Waals surface area contributed by atoms with E-state index in [4.69, 9.17) is 21.9 Å². The molecule has 8 N–H and O–H groups in total. The van der Waals surface area contributed by atoms with Gasteiger partial charge < -0.3 is 32.3 Å². The smallest absolute Gasteiger partial charge is 0.256 e. The molecule has 1 saturated heterocycles. The van der Waals surface area contributed by atoms with Crippen molar-refractivity contribution in [2.24, 2.45) is 11.1 Å². The van der Waals surface area contributed by atoms with Crippen molar-refractivity contribution in [2.45, 2.75) is 46.6 Å². The van der Waals surface area contributed by atoms with Gasteiger partial charge >= 0.3 is 0 Å². The molecule has 0 spiro atoms. The minimum atomic E-state index is -0.426. The molecule has 2 aromatic heterocycles. The van der Waals surface area contributed by atoms with Crippen LogP contribution in [0.2, 0.25) is 0 Å². The van der Waals surface area contributed by atoms with Gasteiger partial charge in [0.15, 0.2) is 11.6 Å². The number of nitrogens with two attached hydrogens (primary N) is 2. The van der Waals surface area contributed by atoms with Crippen molar-refractivity contribution >= 4 is 46.0 Å². The fraction of sp³-hybridized carbons (Fsp3) is 0.407. The third kappa shape index (κ3) is 6.58. The van der Waals surface area contributed by atoms with Crippen LogP contribution >= 0.6 is 0 Å². The number of nitrogen functional groups attached to an aromatic ring is 1. The lowest BCUT2D eigenvalue weighted by Gasteiger charge is -2.22. The van der Waals surface area contributed by atoms with Gasteiger partial charge in [-0.2, -0.15) is 4.98 Å². The van der Waals surface area contributed by atoms with Crippen LogP contribution in [0.3, 0.4) is 0 Å². The van der Waals surface area contributed by atoms with Crippen molar-refractivity contribution in [3.05, 3.63) is 47.4 Å². The minimum absolute atomic E-state index is 0.0825. The van der Waals surface area contributed by atoms with E-state index in [-0.39, 0.29) is 17.1 Å². The van der Waals surface area contributed by atoms with E-state index in [0.717, 1.165) is 31.5 Å². The molecule has 1 atom stereocenters. The van der Waals surface area contributed by atoms with Gasteiger partial charge in [-0.15, -0.1) is 0 Å². The van der Waals surface area contributed by atoms with Crippen molar-refractivity contribution < 1.29 is 4.79 Å². The molecule has 0 aliphatic carbocycles. The number of amidine groups is 1. The summed E-state index contributed by atoms with van der Waals surface area (Å²) in [5.41, 5.74) is 15.3. The third-order valence-corrected chi connectivity index (χ3v) is 6.66. The van der Waals surface area contributed by atoms with E-state index in [1.54, 1.807) is 12.1 Å². The molecular weight excluding hydrogens is 494 g/mol. The molecule has 1 fully saturated rings. The number of hydrogen-bond donors (Lipinski definition) is 6. The number of allylic oxidation sites excluding steroid dienone is 1. The van der Waals surface area contributed by atoms with E-state index in [0.29, 0.717) is 45.8 Å². The Kier molecular flexibility index (Phi) is 7.95. The van der Waals surface area contributed by atoms with E-state index in [2.05, 4.69) is 30.9 Å². The van der Waals surface area contributed by atoms with Crippen LogP contribution in [0.1, 0.15) is 49.5 Å². The summed E-state index contributed by atoms with van der Waals surface area (Å²) in [5, 5.41) is 17.5. The van der Waals surface area contributed by atoms with Crippen molar-refractivity contribution in [3.63, 3.8) is 0 Å². The SMILES string of the molecule is Cc1ccc(C(=O)NC(=N)C=C(N)C(C)(C)C)cc1Nc1ncnc2c(N)nc(N(C)CC3CCCN3)nc12. The van der Waals surface area contributed by atoms with Gasteiger partial charge in [0.25, 0.3) is 5.91 Å². The Hall–Kier alpha value is -4.32. The van der Waals surface area contributed by atoms with Gasteiger partial charge in [-0.05, 0) is 50.1 Å². The molecule has 12 nitrogen and oxygen atoms in total. The Balaban J connectivity index is 1.59. The molecule has 4 rings (SSSR count). The number of rotatable bonds is 7. The molecule has 206 valence electrons. The lowest BCUT2D eigenvalue weighted by atomic mass is 9.92. The van der Waals surface area contributed by atoms with Gasteiger partial charge in [-0.1, -0.05) is 26.8 Å². The molecular formula is C27H37N11O. The van der Waals surface area contributed by atoms with Crippen LogP contribution in [-0.4, -0.2) is 57.9 Å². The van der Waals surface area contributed by atoms with Crippen molar-refractivity contribution in [2.75, 3.05) is 36.1 Å². The van der Waals surface area contributed by atoms with E-state index in [1.165, 1.54) is 12.4 Å². The summed E-state index contributed by atoms with van der Waals surface area (Å²) in [6, 6.07) is 5.59. The highest BCUT2D eigenvalue weighted by molar-refractivity contribution is 6.09. The van der Waals surface area contributed by atoms with Crippen LogP contribution in [0.15, 0.2) is 36.3 Å². The number of anilines is 4. The quantitative estimate of drug-likeness (QED) is 0.196. The maximum atomic E-state index is 12.9. The van der Waals surface area contributed by atoms with E-state index >= 15 is 0 Å². The monoisotopic (exact) mass is 531 g/mol. The number of aryl methyl sites for hydroxylation is 1. The summed E-state index contributed by atoms with van der Waals surface area (Å²) in [6.45, 7) is 9.50. The number of amides is 1. The Morgan fingerprint density at radius 1 is 1.26 bits per heavy atom. The Bertz CT molecular complexity index is 1420. The zero-order chi connectivity index (χ0) is 28.3. The Morgan fingerprint density at radius 3 is 2.72 bits per heavy atom. The standard InChI is InChI=1S/C27H37N11O/c1-15-8-9-16(25(39)35-20(29)12-19(28)27(2,3)4)11-18(15)34-24-22-21(32-14-33-24)23(30)37-26(36-22)38(5)13-17-7-6-10-31-17/h8-9,11-12,14,17,31H,6-7,10,13,28H2,1-5H3,(H2,29,35,39)(H2,30,36,37)(H,32,33,34). The van der Waals surface area contributed by atoms with Crippen molar-refractivity contribution in [1.82, 2.24) is 30.6 Å². The van der Waals surface area contributed by atoms with Gasteiger partial charge in [-0.3, -0.25) is 10.2 Å². The predicted octanol–water partition coefficient (Wildman–Crippen LogP) is 2.84. The second kappa shape index (κ2) is 11.2. The molecule has 1 unspecified atom stereocenters. The molecule has 1 amide bonds. The fourth-order valence-corrected chi connectivity index (χ4v) is 4.17. The number of benzene rings is 1. The van der Waals surface area contributed by atoms with Crippen molar-refractivity contribution in [3.8, 4) is 0 Å². The molecule has 12 heteroatoms. The second-order valence-corrected chi connectivity index (χ2v) is 10.9. The number of hydrogen-bond acceptors (Lipinski definition) is 11. The van der Waals surface area contributed by atoms with E-state index in [1.807, 2.05) is 45.7 Å². The molecule has 0 bridgehead atoms. The highest BCUT2D eigenvalue weighted by atomic mass is 16.1. The predicted molar refractivity (Wildman–Crippen MR) is 155 cm³/mol. The summed E-state index contributed by atoms with van der Waals surface area (Å²) in [7, 11) is 1.94. The molecule has 3 aromatic rings. The maximum Gasteiger partial charge on any atom is 0.256 e. The van der Waals surface area contributed by atoms with Gasteiger partial charge in [-0.25, -0.2) is 15.0 Å². The highest BCUT2D eigenvalue weighted by Crippen LogP contribution is 2.28. The lowest BCUT2D eigenvalue weighted by molar-refractivity contribution is 0.0977. The van der Waals surface area contributed by atoms with Crippen LogP contribution < -0.4 is 32.3 Å². The first-order valence-electron chi connectivity index (χ1n) is 12.9. The van der Waals surface area contributed by atoms with Crippen molar-refractivity contribution in [1.29, 1.82) is 5.41 Å². The zero-order valence-electron chi connectivity index (χ0n) is 23.1. The Labute approximate surface area is 228 Å². The molecule has 0 saturated carbocycles. The minimum Gasteiger partial charge on any atom is -0.401 e. The molecule has 1 aliphatic rings. The molecule has 39 heavy (non-hydrogen) atoms. The first-order chi connectivity index (χ1) is 18.4. The topological polar surface area (TPSA) is 184 Å². The second-order valence-electron chi connectivity index (χ2n) is 10.9. The van der Waals surface area contributed by atoms with E-state index in [9.17, 15) is 4.79 Å². The van der Waals surface area contributed by atoms with Gasteiger partial charge in [0.2, 0.25) is 5.95 Å². The fourth-order valence-electron chi connectivity index (χ4n) is 4.17. The summed E-state index contributed by atoms with van der Waals surface area (Å²) in [5.74, 6) is 0.678. The summed E-state index contributed by atoms with van der Waals surface area (Å²) in [4.78, 5) is 32.8. The average molecular weight is 532 g/mol. The number of fused-ring (bicyclic) bond motifs is 1. The molecule has 1 aromatic carbocycles. The maximum absolute atomic E-state index is 12.9. The third-order valence-electron chi connectivity index (χ3n) is 6.66. The largest absolute Gasteiger partial charge is 0.401 e. The molecule has 0 radical (unpaired) electrons. The normalized spacial score (nSPS) is 15.8. The van der Waals surface area contributed by atoms with Gasteiger partial charge in [0, 0.05) is 42.0 Å². The van der Waals surface area contributed by atoms with Gasteiger partial charge in [0.1, 0.15) is 23.2 Å².